The Hall–Kier alpha value is -1.07. The summed E-state index contributed by atoms with van der Waals surface area (Å²) in [5.41, 5.74) is 6.65. The normalized spacial score (nSPS) is 12.9. The van der Waals surface area contributed by atoms with Gasteiger partial charge in [-0.1, -0.05) is 34.1 Å². The first kappa shape index (κ1) is 16.0. The lowest BCUT2D eigenvalue weighted by atomic mass is 10.1. The maximum atomic E-state index is 11.5. The summed E-state index contributed by atoms with van der Waals surface area (Å²) in [6.45, 7) is 5.98. The molecule has 0 aliphatic carbocycles. The minimum atomic E-state index is -0.478. The van der Waals surface area contributed by atoms with Crippen LogP contribution in [0, 0.1) is 0 Å². The number of hydrogen-bond acceptors (Lipinski definition) is 3. The molecule has 0 heterocycles. The Morgan fingerprint density at radius 1 is 1.42 bits per heavy atom. The highest BCUT2D eigenvalue weighted by Gasteiger charge is 2.16. The van der Waals surface area contributed by atoms with E-state index >= 15 is 0 Å². The van der Waals surface area contributed by atoms with E-state index in [1.807, 2.05) is 45.0 Å². The summed E-state index contributed by atoms with van der Waals surface area (Å²) in [6.07, 6.45) is 0.244. The minimum absolute atomic E-state index is 0.120. The quantitative estimate of drug-likeness (QED) is 0.890. The Bertz CT molecular complexity index is 430. The van der Waals surface area contributed by atoms with Gasteiger partial charge in [0, 0.05) is 17.1 Å². The monoisotopic (exact) mass is 328 g/mol. The number of hydrogen-bond donors (Lipinski definition) is 2. The van der Waals surface area contributed by atoms with E-state index in [2.05, 4.69) is 21.2 Å². The van der Waals surface area contributed by atoms with Crippen molar-refractivity contribution >= 4 is 22.0 Å². The fourth-order valence-electron chi connectivity index (χ4n) is 1.58. The van der Waals surface area contributed by atoms with Gasteiger partial charge in [0.25, 0.3) is 0 Å². The molecule has 1 rings (SSSR count). The van der Waals surface area contributed by atoms with Crippen LogP contribution < -0.4 is 11.1 Å². The zero-order valence-electron chi connectivity index (χ0n) is 11.6. The van der Waals surface area contributed by atoms with Gasteiger partial charge >= 0.3 is 6.09 Å². The number of halogens is 1. The predicted molar refractivity (Wildman–Crippen MR) is 79.9 cm³/mol. The van der Waals surface area contributed by atoms with Crippen molar-refractivity contribution in [1.29, 1.82) is 0 Å². The summed E-state index contributed by atoms with van der Waals surface area (Å²) < 4.78 is 6.13. The SMILES string of the molecule is CC(C)(C)OC(=O)NCCC(N)c1ccccc1Br. The average molecular weight is 329 g/mol. The average Bonchev–Trinajstić information content (AvgIpc) is 2.26. The van der Waals surface area contributed by atoms with Crippen molar-refractivity contribution in [2.45, 2.75) is 38.8 Å². The van der Waals surface area contributed by atoms with Crippen LogP contribution in [0.4, 0.5) is 4.79 Å². The van der Waals surface area contributed by atoms with Crippen molar-refractivity contribution in [3.05, 3.63) is 34.3 Å². The van der Waals surface area contributed by atoms with Gasteiger partial charge in [-0.3, -0.25) is 0 Å². The van der Waals surface area contributed by atoms with E-state index in [0.29, 0.717) is 13.0 Å². The molecule has 0 aliphatic rings. The number of carbonyl (C=O) groups is 1. The lowest BCUT2D eigenvalue weighted by molar-refractivity contribution is 0.0526. The molecule has 3 N–H and O–H groups in total. The van der Waals surface area contributed by atoms with Gasteiger partial charge in [-0.25, -0.2) is 4.79 Å². The van der Waals surface area contributed by atoms with Crippen LogP contribution in [0.5, 0.6) is 0 Å². The fourth-order valence-corrected chi connectivity index (χ4v) is 2.15. The topological polar surface area (TPSA) is 64.3 Å². The third-order valence-electron chi connectivity index (χ3n) is 2.43. The molecule has 1 unspecified atom stereocenters. The first-order valence-corrected chi connectivity index (χ1v) is 7.06. The summed E-state index contributed by atoms with van der Waals surface area (Å²) >= 11 is 3.47. The molecule has 0 bridgehead atoms. The first-order valence-electron chi connectivity index (χ1n) is 6.26. The molecule has 1 aromatic rings. The molecule has 19 heavy (non-hydrogen) atoms. The van der Waals surface area contributed by atoms with Crippen molar-refractivity contribution in [3.63, 3.8) is 0 Å². The number of rotatable bonds is 4. The fraction of sp³-hybridized carbons (Fsp3) is 0.500. The zero-order valence-corrected chi connectivity index (χ0v) is 13.2. The Kier molecular flexibility index (Phi) is 5.82. The van der Waals surface area contributed by atoms with Crippen LogP contribution in [0.1, 0.15) is 38.8 Å². The smallest absolute Gasteiger partial charge is 0.407 e. The van der Waals surface area contributed by atoms with Crippen LogP contribution in [-0.4, -0.2) is 18.2 Å². The number of nitrogens with one attached hydrogen (secondary N) is 1. The van der Waals surface area contributed by atoms with Gasteiger partial charge < -0.3 is 15.8 Å². The van der Waals surface area contributed by atoms with Gasteiger partial charge in [-0.2, -0.15) is 0 Å². The third-order valence-corrected chi connectivity index (χ3v) is 3.15. The van der Waals surface area contributed by atoms with Crippen molar-refractivity contribution in [1.82, 2.24) is 5.32 Å². The highest BCUT2D eigenvalue weighted by molar-refractivity contribution is 9.10. The van der Waals surface area contributed by atoms with Crippen LogP contribution in [-0.2, 0) is 4.74 Å². The number of nitrogens with two attached hydrogens (primary N) is 1. The molecular formula is C14H21BrN2O2. The molecule has 4 nitrogen and oxygen atoms in total. The lowest BCUT2D eigenvalue weighted by Crippen LogP contribution is -2.34. The van der Waals surface area contributed by atoms with Gasteiger partial charge in [-0.05, 0) is 38.8 Å². The second-order valence-electron chi connectivity index (χ2n) is 5.35. The molecular weight excluding hydrogens is 308 g/mol. The molecule has 0 spiro atoms. The Labute approximate surface area is 122 Å². The van der Waals surface area contributed by atoms with Crippen LogP contribution >= 0.6 is 15.9 Å². The maximum absolute atomic E-state index is 11.5. The van der Waals surface area contributed by atoms with Gasteiger partial charge in [0.15, 0.2) is 0 Å². The molecule has 106 valence electrons. The number of alkyl carbamates (subject to hydrolysis) is 1. The molecule has 0 aromatic heterocycles. The molecule has 0 fully saturated rings. The molecule has 0 radical (unpaired) electrons. The molecule has 1 amide bonds. The predicted octanol–water partition coefficient (Wildman–Crippen LogP) is 3.36. The number of amides is 1. The second kappa shape index (κ2) is 6.91. The first-order chi connectivity index (χ1) is 8.79. The van der Waals surface area contributed by atoms with E-state index in [1.54, 1.807) is 0 Å². The summed E-state index contributed by atoms with van der Waals surface area (Å²) in [6, 6.07) is 7.70. The zero-order chi connectivity index (χ0) is 14.5. The standard InChI is InChI=1S/C14H21BrN2O2/c1-14(2,3)19-13(18)17-9-8-12(16)10-6-4-5-7-11(10)15/h4-7,12H,8-9,16H2,1-3H3,(H,17,18). The summed E-state index contributed by atoms with van der Waals surface area (Å²) in [5.74, 6) is 0. The Morgan fingerprint density at radius 3 is 2.63 bits per heavy atom. The summed E-state index contributed by atoms with van der Waals surface area (Å²) in [4.78, 5) is 11.5. The third kappa shape index (κ3) is 6.07. The highest BCUT2D eigenvalue weighted by Crippen LogP contribution is 2.23. The highest BCUT2D eigenvalue weighted by atomic mass is 79.9. The number of carbonyl (C=O) groups excluding carboxylic acids is 1. The second-order valence-corrected chi connectivity index (χ2v) is 6.20. The van der Waals surface area contributed by atoms with E-state index < -0.39 is 11.7 Å². The summed E-state index contributed by atoms with van der Waals surface area (Å²) in [5, 5.41) is 2.70. The molecule has 0 saturated heterocycles. The van der Waals surface area contributed by atoms with E-state index in [0.717, 1.165) is 10.0 Å². The van der Waals surface area contributed by atoms with Crippen molar-refractivity contribution in [2.24, 2.45) is 5.73 Å². The minimum Gasteiger partial charge on any atom is -0.444 e. The van der Waals surface area contributed by atoms with Gasteiger partial charge in [0.1, 0.15) is 5.60 Å². The molecule has 0 saturated carbocycles. The van der Waals surface area contributed by atoms with Crippen molar-refractivity contribution < 1.29 is 9.53 Å². The Balaban J connectivity index is 2.38. The van der Waals surface area contributed by atoms with Crippen LogP contribution in [0.25, 0.3) is 0 Å². The number of ether oxygens (including phenoxy) is 1. The van der Waals surface area contributed by atoms with Gasteiger partial charge in [0.2, 0.25) is 0 Å². The maximum Gasteiger partial charge on any atom is 0.407 e. The lowest BCUT2D eigenvalue weighted by Gasteiger charge is -2.20. The summed E-state index contributed by atoms with van der Waals surface area (Å²) in [7, 11) is 0. The van der Waals surface area contributed by atoms with E-state index in [1.165, 1.54) is 0 Å². The largest absolute Gasteiger partial charge is 0.444 e. The number of benzene rings is 1. The molecule has 1 aromatic carbocycles. The van der Waals surface area contributed by atoms with Crippen molar-refractivity contribution in [2.75, 3.05) is 6.54 Å². The van der Waals surface area contributed by atoms with Crippen LogP contribution in [0.2, 0.25) is 0 Å². The van der Waals surface area contributed by atoms with Gasteiger partial charge in [0.05, 0.1) is 0 Å². The molecule has 5 heteroatoms. The van der Waals surface area contributed by atoms with Crippen LogP contribution in [0.15, 0.2) is 28.7 Å². The Morgan fingerprint density at radius 2 is 2.05 bits per heavy atom. The van der Waals surface area contributed by atoms with E-state index in [-0.39, 0.29) is 6.04 Å². The van der Waals surface area contributed by atoms with Crippen molar-refractivity contribution in [3.8, 4) is 0 Å². The molecule has 1 atom stereocenters. The van der Waals surface area contributed by atoms with E-state index in [9.17, 15) is 4.79 Å². The van der Waals surface area contributed by atoms with Gasteiger partial charge in [-0.15, -0.1) is 0 Å². The van der Waals surface area contributed by atoms with E-state index in [4.69, 9.17) is 10.5 Å². The van der Waals surface area contributed by atoms with Crippen LogP contribution in [0.3, 0.4) is 0 Å². The molecule has 0 aliphatic heterocycles.